The average molecular weight is 479 g/mol. The van der Waals surface area contributed by atoms with E-state index in [-0.39, 0.29) is 24.0 Å². The molecule has 1 heterocycles. The van der Waals surface area contributed by atoms with E-state index in [9.17, 15) is 27.9 Å². The van der Waals surface area contributed by atoms with Crippen molar-refractivity contribution in [1.82, 2.24) is 4.90 Å². The maximum Gasteiger partial charge on any atom is 0.573 e. The van der Waals surface area contributed by atoms with Crippen LogP contribution in [-0.2, 0) is 16.0 Å². The summed E-state index contributed by atoms with van der Waals surface area (Å²) >= 11 is 0. The van der Waals surface area contributed by atoms with Crippen molar-refractivity contribution in [2.45, 2.75) is 57.4 Å². The molecule has 2 aromatic rings. The van der Waals surface area contributed by atoms with E-state index < -0.39 is 17.9 Å². The Bertz CT molecular complexity index is 1020. The first-order valence-electron chi connectivity index (χ1n) is 11.1. The van der Waals surface area contributed by atoms with E-state index in [1.807, 2.05) is 12.1 Å². The minimum absolute atomic E-state index is 0.0637. The summed E-state index contributed by atoms with van der Waals surface area (Å²) < 4.78 is 46.9. The number of piperidine rings is 1. The predicted octanol–water partition coefficient (Wildman–Crippen LogP) is 5.17. The molecule has 9 heteroatoms. The van der Waals surface area contributed by atoms with Gasteiger partial charge in [-0.2, -0.15) is 0 Å². The van der Waals surface area contributed by atoms with E-state index in [1.54, 1.807) is 23.1 Å². The minimum Gasteiger partial charge on any atom is -0.478 e. The van der Waals surface area contributed by atoms with E-state index in [0.717, 1.165) is 18.4 Å². The molecule has 1 atom stereocenters. The summed E-state index contributed by atoms with van der Waals surface area (Å²) in [6.07, 6.45) is -2.58. The van der Waals surface area contributed by atoms with Crippen molar-refractivity contribution < 1.29 is 37.3 Å². The van der Waals surface area contributed by atoms with Gasteiger partial charge in [-0.05, 0) is 68.5 Å². The molecule has 1 aliphatic heterocycles. The van der Waals surface area contributed by atoms with Gasteiger partial charge in [0.1, 0.15) is 11.5 Å². The molecule has 1 fully saturated rings. The molecule has 184 valence electrons. The van der Waals surface area contributed by atoms with Crippen molar-refractivity contribution >= 4 is 11.9 Å². The van der Waals surface area contributed by atoms with Crippen LogP contribution >= 0.6 is 0 Å². The molecule has 1 saturated heterocycles. The van der Waals surface area contributed by atoms with Gasteiger partial charge in [0.2, 0.25) is 5.91 Å². The maximum atomic E-state index is 12.8. The normalized spacial score (nSPS) is 16.7. The van der Waals surface area contributed by atoms with E-state index in [4.69, 9.17) is 4.74 Å². The highest BCUT2D eigenvalue weighted by Gasteiger charge is 2.32. The molecule has 0 aliphatic carbocycles. The zero-order valence-electron chi connectivity index (χ0n) is 19.1. The van der Waals surface area contributed by atoms with Crippen LogP contribution < -0.4 is 9.47 Å². The third-order valence-corrected chi connectivity index (χ3v) is 5.75. The van der Waals surface area contributed by atoms with E-state index in [2.05, 4.69) is 4.74 Å². The lowest BCUT2D eigenvalue weighted by atomic mass is 9.90. The summed E-state index contributed by atoms with van der Waals surface area (Å²) in [6.45, 7) is 4.10. The fourth-order valence-electron chi connectivity index (χ4n) is 3.95. The molecular weight excluding hydrogens is 451 g/mol. The minimum atomic E-state index is -4.76. The van der Waals surface area contributed by atoms with Crippen LogP contribution in [0.25, 0.3) is 0 Å². The number of carboxylic acid groups (broad SMARTS) is 1. The van der Waals surface area contributed by atoms with Gasteiger partial charge in [-0.3, -0.25) is 4.79 Å². The van der Waals surface area contributed by atoms with Gasteiger partial charge in [0.15, 0.2) is 5.60 Å². The highest BCUT2D eigenvalue weighted by molar-refractivity contribution is 5.77. The molecule has 1 amide bonds. The lowest BCUT2D eigenvalue weighted by Gasteiger charge is -2.33. The second-order valence-electron chi connectivity index (χ2n) is 8.86. The molecule has 2 aromatic carbocycles. The quantitative estimate of drug-likeness (QED) is 0.566. The van der Waals surface area contributed by atoms with Crippen molar-refractivity contribution in [2.75, 3.05) is 13.1 Å². The number of benzene rings is 2. The van der Waals surface area contributed by atoms with Crippen LogP contribution in [0.3, 0.4) is 0 Å². The summed E-state index contributed by atoms with van der Waals surface area (Å²) in [6, 6.07) is 12.9. The molecule has 0 spiro atoms. The Morgan fingerprint density at radius 2 is 1.74 bits per heavy atom. The molecule has 34 heavy (non-hydrogen) atoms. The molecule has 0 saturated carbocycles. The number of ether oxygens (including phenoxy) is 2. The number of halogens is 3. The van der Waals surface area contributed by atoms with Gasteiger partial charge >= 0.3 is 12.3 Å². The summed E-state index contributed by atoms with van der Waals surface area (Å²) in [5.41, 5.74) is 0.193. The average Bonchev–Trinajstić information content (AvgIpc) is 2.76. The fraction of sp³-hybridized carbons (Fsp3) is 0.440. The first kappa shape index (κ1) is 25.4. The lowest BCUT2D eigenvalue weighted by molar-refractivity contribution is -0.274. The van der Waals surface area contributed by atoms with Crippen LogP contribution in [0, 0.1) is 0 Å². The van der Waals surface area contributed by atoms with Gasteiger partial charge in [0.05, 0.1) is 0 Å². The second kappa shape index (κ2) is 10.4. The maximum absolute atomic E-state index is 12.8. The van der Waals surface area contributed by atoms with Gasteiger partial charge in [-0.15, -0.1) is 13.2 Å². The monoisotopic (exact) mass is 479 g/mol. The number of likely N-dealkylation sites (tertiary alicyclic amines) is 1. The smallest absolute Gasteiger partial charge is 0.478 e. The Labute approximate surface area is 196 Å². The van der Waals surface area contributed by atoms with Crippen LogP contribution in [0.5, 0.6) is 11.5 Å². The van der Waals surface area contributed by atoms with Gasteiger partial charge in [0.25, 0.3) is 0 Å². The van der Waals surface area contributed by atoms with Crippen LogP contribution in [0.4, 0.5) is 13.2 Å². The summed E-state index contributed by atoms with van der Waals surface area (Å²) in [5.74, 6) is -0.898. The van der Waals surface area contributed by atoms with Gasteiger partial charge in [-0.1, -0.05) is 24.3 Å². The number of carboxylic acids is 1. The summed E-state index contributed by atoms with van der Waals surface area (Å²) in [4.78, 5) is 25.9. The Hall–Kier alpha value is -3.23. The van der Waals surface area contributed by atoms with Crippen molar-refractivity contribution in [3.63, 3.8) is 0 Å². The topological polar surface area (TPSA) is 76.1 Å². The lowest BCUT2D eigenvalue weighted by Crippen LogP contribution is -2.39. The van der Waals surface area contributed by atoms with Crippen molar-refractivity contribution in [1.29, 1.82) is 0 Å². The zero-order valence-corrected chi connectivity index (χ0v) is 19.1. The predicted molar refractivity (Wildman–Crippen MR) is 119 cm³/mol. The highest BCUT2D eigenvalue weighted by Crippen LogP contribution is 2.31. The van der Waals surface area contributed by atoms with E-state index in [0.29, 0.717) is 30.8 Å². The van der Waals surface area contributed by atoms with Crippen molar-refractivity contribution in [3.8, 4) is 11.5 Å². The standard InChI is InChI=1S/C25H28F3NO5/c1-24(2,23(31)32)33-21-10-4-7-18(15-21)19-8-5-13-29(16-19)22(30)12-11-17-6-3-9-20(14-17)34-25(26,27)28/h3-4,6-7,9-10,14-15,19H,5,8,11-13,16H2,1-2H3,(H,31,32). The van der Waals surface area contributed by atoms with Crippen LogP contribution in [0.15, 0.2) is 48.5 Å². The number of aryl methyl sites for hydroxylation is 1. The molecule has 6 nitrogen and oxygen atoms in total. The Kier molecular flexibility index (Phi) is 7.74. The van der Waals surface area contributed by atoms with Crippen molar-refractivity contribution in [3.05, 3.63) is 59.7 Å². The molecule has 3 rings (SSSR count). The number of rotatable bonds is 8. The summed E-state index contributed by atoms with van der Waals surface area (Å²) in [7, 11) is 0. The van der Waals surface area contributed by atoms with E-state index in [1.165, 1.54) is 32.0 Å². The SMILES string of the molecule is CC(C)(Oc1cccc(C2CCCN(C(=O)CCc3cccc(OC(F)(F)F)c3)C2)c1)C(=O)O. The number of hydrogen-bond donors (Lipinski definition) is 1. The molecular formula is C25H28F3NO5. The first-order valence-corrected chi connectivity index (χ1v) is 11.1. The van der Waals surface area contributed by atoms with Gasteiger partial charge in [-0.25, -0.2) is 4.79 Å². The molecule has 0 aromatic heterocycles. The number of aliphatic carboxylic acids is 1. The molecule has 0 bridgehead atoms. The van der Waals surface area contributed by atoms with Crippen molar-refractivity contribution in [2.24, 2.45) is 0 Å². The summed E-state index contributed by atoms with van der Waals surface area (Å²) in [5, 5.41) is 9.29. The van der Waals surface area contributed by atoms with Crippen LogP contribution in [0.1, 0.15) is 50.2 Å². The van der Waals surface area contributed by atoms with Crippen LogP contribution in [-0.4, -0.2) is 46.9 Å². The fourth-order valence-corrected chi connectivity index (χ4v) is 3.95. The second-order valence-corrected chi connectivity index (χ2v) is 8.86. The zero-order chi connectivity index (χ0) is 24.9. The Balaban J connectivity index is 1.60. The Morgan fingerprint density at radius 1 is 1.06 bits per heavy atom. The third-order valence-electron chi connectivity index (χ3n) is 5.75. The number of hydrogen-bond acceptors (Lipinski definition) is 4. The Morgan fingerprint density at radius 3 is 2.41 bits per heavy atom. The molecule has 1 unspecified atom stereocenters. The van der Waals surface area contributed by atoms with E-state index >= 15 is 0 Å². The number of nitrogens with zero attached hydrogens (tertiary/aromatic N) is 1. The van der Waals surface area contributed by atoms with Gasteiger partial charge < -0.3 is 19.5 Å². The van der Waals surface area contributed by atoms with Crippen LogP contribution in [0.2, 0.25) is 0 Å². The first-order chi connectivity index (χ1) is 15.9. The molecule has 0 radical (unpaired) electrons. The molecule has 1 N–H and O–H groups in total. The third kappa shape index (κ3) is 7.13. The largest absolute Gasteiger partial charge is 0.573 e. The van der Waals surface area contributed by atoms with Gasteiger partial charge in [0, 0.05) is 25.4 Å². The number of carbonyl (C=O) groups is 2. The number of amides is 1. The number of alkyl halides is 3. The number of carbonyl (C=O) groups excluding carboxylic acids is 1. The highest BCUT2D eigenvalue weighted by atomic mass is 19.4. The molecule has 1 aliphatic rings.